The van der Waals surface area contributed by atoms with Crippen LogP contribution in [0.4, 0.5) is 0 Å². The molecule has 2 rings (SSSR count). The third-order valence-corrected chi connectivity index (χ3v) is 3.13. The van der Waals surface area contributed by atoms with E-state index in [1.807, 2.05) is 22.7 Å². The number of aromatic nitrogens is 2. The highest BCUT2D eigenvalue weighted by molar-refractivity contribution is 5.69. The highest BCUT2D eigenvalue weighted by Gasteiger charge is 2.19. The van der Waals surface area contributed by atoms with Gasteiger partial charge >= 0.3 is 5.97 Å². The van der Waals surface area contributed by atoms with Gasteiger partial charge in [-0.25, -0.2) is 4.98 Å². The number of carboxylic acids is 1. The Morgan fingerprint density at radius 3 is 2.53 bits per heavy atom. The summed E-state index contributed by atoms with van der Waals surface area (Å²) in [5.74, 6) is -0.745. The molecule has 0 saturated carbocycles. The van der Waals surface area contributed by atoms with Gasteiger partial charge in [-0.2, -0.15) is 0 Å². The van der Waals surface area contributed by atoms with Crippen molar-refractivity contribution in [3.63, 3.8) is 0 Å². The molecule has 1 aliphatic rings. The SMILES string of the molecule is Cn1cncc1CN1CCN(CC(=O)O)CC1. The largest absolute Gasteiger partial charge is 0.480 e. The second kappa shape index (κ2) is 5.29. The van der Waals surface area contributed by atoms with Crippen molar-refractivity contribution >= 4 is 5.97 Å². The maximum absolute atomic E-state index is 10.6. The minimum atomic E-state index is -0.745. The summed E-state index contributed by atoms with van der Waals surface area (Å²) in [6.07, 6.45) is 3.68. The molecule has 0 atom stereocenters. The maximum Gasteiger partial charge on any atom is 0.317 e. The van der Waals surface area contributed by atoms with Crippen LogP contribution in [0.2, 0.25) is 0 Å². The van der Waals surface area contributed by atoms with Crippen LogP contribution in [0.1, 0.15) is 5.69 Å². The molecule has 0 radical (unpaired) electrons. The summed E-state index contributed by atoms with van der Waals surface area (Å²) in [7, 11) is 1.99. The Morgan fingerprint density at radius 2 is 2.00 bits per heavy atom. The van der Waals surface area contributed by atoms with Crippen molar-refractivity contribution in [1.29, 1.82) is 0 Å². The summed E-state index contributed by atoms with van der Waals surface area (Å²) < 4.78 is 2.02. The average molecular weight is 238 g/mol. The number of piperazine rings is 1. The van der Waals surface area contributed by atoms with Crippen LogP contribution in [0.25, 0.3) is 0 Å². The van der Waals surface area contributed by atoms with Gasteiger partial charge in [-0.3, -0.25) is 14.6 Å². The number of aryl methyl sites for hydroxylation is 1. The van der Waals surface area contributed by atoms with Crippen molar-refractivity contribution in [3.8, 4) is 0 Å². The van der Waals surface area contributed by atoms with E-state index in [-0.39, 0.29) is 6.54 Å². The lowest BCUT2D eigenvalue weighted by molar-refractivity contribution is -0.138. The molecule has 0 bridgehead atoms. The predicted molar refractivity (Wildman–Crippen MR) is 62.6 cm³/mol. The van der Waals surface area contributed by atoms with Crippen LogP contribution in [-0.2, 0) is 18.4 Å². The molecule has 1 aromatic heterocycles. The van der Waals surface area contributed by atoms with Gasteiger partial charge < -0.3 is 9.67 Å². The molecule has 1 aliphatic heterocycles. The van der Waals surface area contributed by atoms with Crippen molar-refractivity contribution < 1.29 is 9.90 Å². The Bertz CT molecular complexity index is 383. The van der Waals surface area contributed by atoms with E-state index in [0.717, 1.165) is 32.7 Å². The van der Waals surface area contributed by atoms with Gasteiger partial charge in [-0.05, 0) is 0 Å². The molecule has 1 saturated heterocycles. The number of carbonyl (C=O) groups is 1. The fourth-order valence-electron chi connectivity index (χ4n) is 2.06. The summed E-state index contributed by atoms with van der Waals surface area (Å²) in [5.41, 5.74) is 1.19. The van der Waals surface area contributed by atoms with Gasteiger partial charge in [0.15, 0.2) is 0 Å². The van der Waals surface area contributed by atoms with Gasteiger partial charge in [0.2, 0.25) is 0 Å². The highest BCUT2D eigenvalue weighted by atomic mass is 16.4. The number of carboxylic acid groups (broad SMARTS) is 1. The first-order chi connectivity index (χ1) is 8.15. The molecule has 1 aromatic rings. The second-order valence-electron chi connectivity index (χ2n) is 4.44. The summed E-state index contributed by atoms with van der Waals surface area (Å²) in [6.45, 7) is 4.52. The van der Waals surface area contributed by atoms with E-state index in [4.69, 9.17) is 5.11 Å². The van der Waals surface area contributed by atoms with Crippen LogP contribution in [0.3, 0.4) is 0 Å². The Labute approximate surface area is 100 Å². The van der Waals surface area contributed by atoms with Gasteiger partial charge in [0.25, 0.3) is 0 Å². The molecule has 17 heavy (non-hydrogen) atoms. The number of imidazole rings is 1. The number of nitrogens with zero attached hydrogens (tertiary/aromatic N) is 4. The molecule has 0 amide bonds. The van der Waals surface area contributed by atoms with Crippen LogP contribution < -0.4 is 0 Å². The van der Waals surface area contributed by atoms with Crippen LogP contribution >= 0.6 is 0 Å². The zero-order valence-corrected chi connectivity index (χ0v) is 10.0. The fourth-order valence-corrected chi connectivity index (χ4v) is 2.06. The lowest BCUT2D eigenvalue weighted by atomic mass is 10.3. The van der Waals surface area contributed by atoms with Gasteiger partial charge in [0.05, 0.1) is 18.6 Å². The Balaban J connectivity index is 1.79. The van der Waals surface area contributed by atoms with Crippen LogP contribution in [0.15, 0.2) is 12.5 Å². The molecular formula is C11H18N4O2. The topological polar surface area (TPSA) is 61.6 Å². The van der Waals surface area contributed by atoms with Crippen LogP contribution in [-0.4, -0.2) is 63.2 Å². The average Bonchev–Trinajstić information content (AvgIpc) is 2.67. The van der Waals surface area contributed by atoms with Gasteiger partial charge in [0.1, 0.15) is 0 Å². The summed E-state index contributed by atoms with van der Waals surface area (Å²) >= 11 is 0. The molecule has 1 fully saturated rings. The molecule has 6 heteroatoms. The van der Waals surface area contributed by atoms with Gasteiger partial charge in [-0.15, -0.1) is 0 Å². The number of hydrogen-bond donors (Lipinski definition) is 1. The first kappa shape index (κ1) is 12.1. The van der Waals surface area contributed by atoms with E-state index < -0.39 is 5.97 Å². The van der Waals surface area contributed by atoms with E-state index in [1.165, 1.54) is 5.69 Å². The highest BCUT2D eigenvalue weighted by Crippen LogP contribution is 2.07. The van der Waals surface area contributed by atoms with Gasteiger partial charge in [-0.1, -0.05) is 0 Å². The summed E-state index contributed by atoms with van der Waals surface area (Å²) in [5, 5.41) is 8.71. The Morgan fingerprint density at radius 1 is 1.35 bits per heavy atom. The quantitative estimate of drug-likeness (QED) is 0.775. The smallest absolute Gasteiger partial charge is 0.317 e. The number of hydrogen-bond acceptors (Lipinski definition) is 4. The van der Waals surface area contributed by atoms with E-state index >= 15 is 0 Å². The predicted octanol–water partition coefficient (Wildman–Crippen LogP) is -0.378. The van der Waals surface area contributed by atoms with Crippen LogP contribution in [0, 0.1) is 0 Å². The molecular weight excluding hydrogens is 220 g/mol. The lowest BCUT2D eigenvalue weighted by Gasteiger charge is -2.33. The summed E-state index contributed by atoms with van der Waals surface area (Å²) in [6, 6.07) is 0. The molecule has 2 heterocycles. The zero-order valence-electron chi connectivity index (χ0n) is 10.0. The third kappa shape index (κ3) is 3.28. The maximum atomic E-state index is 10.6. The number of aliphatic carboxylic acids is 1. The second-order valence-corrected chi connectivity index (χ2v) is 4.44. The van der Waals surface area contributed by atoms with Gasteiger partial charge in [0, 0.05) is 46.0 Å². The first-order valence-electron chi connectivity index (χ1n) is 5.77. The van der Waals surface area contributed by atoms with Crippen molar-refractivity contribution in [3.05, 3.63) is 18.2 Å². The van der Waals surface area contributed by atoms with Crippen molar-refractivity contribution in [1.82, 2.24) is 19.4 Å². The van der Waals surface area contributed by atoms with E-state index in [9.17, 15) is 4.79 Å². The number of rotatable bonds is 4. The minimum absolute atomic E-state index is 0.152. The molecule has 6 nitrogen and oxygen atoms in total. The molecule has 0 aromatic carbocycles. The summed E-state index contributed by atoms with van der Waals surface area (Å²) in [4.78, 5) is 19.0. The molecule has 0 unspecified atom stereocenters. The normalized spacial score (nSPS) is 18.4. The third-order valence-electron chi connectivity index (χ3n) is 3.13. The molecule has 94 valence electrons. The Hall–Kier alpha value is -1.40. The van der Waals surface area contributed by atoms with Crippen molar-refractivity contribution in [2.24, 2.45) is 7.05 Å². The van der Waals surface area contributed by atoms with Crippen molar-refractivity contribution in [2.45, 2.75) is 6.54 Å². The van der Waals surface area contributed by atoms with E-state index in [0.29, 0.717) is 0 Å². The monoisotopic (exact) mass is 238 g/mol. The van der Waals surface area contributed by atoms with E-state index in [2.05, 4.69) is 9.88 Å². The fraction of sp³-hybridized carbons (Fsp3) is 0.636. The minimum Gasteiger partial charge on any atom is -0.480 e. The zero-order chi connectivity index (χ0) is 12.3. The molecule has 1 N–H and O–H groups in total. The van der Waals surface area contributed by atoms with E-state index in [1.54, 1.807) is 6.33 Å². The lowest BCUT2D eigenvalue weighted by Crippen LogP contribution is -2.47. The van der Waals surface area contributed by atoms with Crippen molar-refractivity contribution in [2.75, 3.05) is 32.7 Å². The van der Waals surface area contributed by atoms with Crippen LogP contribution in [0.5, 0.6) is 0 Å². The molecule has 0 aliphatic carbocycles. The standard InChI is InChI=1S/C11H18N4O2/c1-13-9-12-6-10(13)7-14-2-4-15(5-3-14)8-11(16)17/h6,9H,2-5,7-8H2,1H3,(H,16,17). The molecule has 0 spiro atoms. The Kier molecular flexibility index (Phi) is 3.75. The first-order valence-corrected chi connectivity index (χ1v) is 5.77.